The van der Waals surface area contributed by atoms with Crippen LogP contribution in [0.2, 0.25) is 5.15 Å². The van der Waals surface area contributed by atoms with Crippen molar-refractivity contribution < 1.29 is 38.0 Å². The molecule has 12 nitrogen and oxygen atoms in total. The van der Waals surface area contributed by atoms with Gasteiger partial charge in [-0.15, -0.1) is 0 Å². The molecule has 0 fully saturated rings. The molecule has 4 aromatic rings. The summed E-state index contributed by atoms with van der Waals surface area (Å²) in [6, 6.07) is 21.9. The molecule has 0 aliphatic heterocycles. The lowest BCUT2D eigenvalue weighted by atomic mass is 10.2. The minimum Gasteiger partial charge on any atom is -0.497 e. The number of aromatic nitrogens is 2. The normalized spacial score (nSPS) is 9.88. The highest BCUT2D eigenvalue weighted by atomic mass is 35.5. The van der Waals surface area contributed by atoms with E-state index in [1.807, 2.05) is 55.5 Å². The molecule has 2 aromatic heterocycles. The summed E-state index contributed by atoms with van der Waals surface area (Å²) in [6.45, 7) is 9.78. The van der Waals surface area contributed by atoms with Crippen molar-refractivity contribution in [3.05, 3.63) is 100 Å². The van der Waals surface area contributed by atoms with Crippen molar-refractivity contribution in [3.8, 4) is 23.3 Å². The SMILES string of the molecule is CCOC(=O)c1ccc(Cl)nc1OCC.CCOC(=O)c1ccc(NCc2ccc(OC)cc2)nc1OCC.COc1ccc(CN)cc1. The van der Waals surface area contributed by atoms with Crippen LogP contribution in [-0.2, 0) is 22.6 Å². The standard InChI is InChI=1S/C18H22N2O4.C10H12ClNO3.C8H11NO/c1-4-23-17-15(18(21)24-5-2)10-11-16(20-17)19-12-13-6-8-14(22-3)9-7-13;1-3-14-9-7(10(13)15-4-2)5-6-8(11)12-9;1-10-8-4-2-7(6-9)3-5-8/h6-11H,4-5,12H2,1-3H3,(H,19,20);5-6H,3-4H2,1-2H3;2-5H,6,9H2,1H3. The van der Waals surface area contributed by atoms with Gasteiger partial charge < -0.3 is 39.5 Å². The largest absolute Gasteiger partial charge is 0.497 e. The van der Waals surface area contributed by atoms with Gasteiger partial charge in [0.1, 0.15) is 33.6 Å². The molecule has 3 N–H and O–H groups in total. The Bertz CT molecular complexity index is 1550. The van der Waals surface area contributed by atoms with Crippen molar-refractivity contribution in [2.45, 2.75) is 40.8 Å². The van der Waals surface area contributed by atoms with Crippen molar-refractivity contribution in [3.63, 3.8) is 0 Å². The zero-order valence-corrected chi connectivity index (χ0v) is 29.5. The summed E-state index contributed by atoms with van der Waals surface area (Å²) in [4.78, 5) is 31.6. The Morgan fingerprint density at radius 1 is 0.653 bits per heavy atom. The predicted molar refractivity (Wildman–Crippen MR) is 189 cm³/mol. The van der Waals surface area contributed by atoms with Gasteiger partial charge in [0.15, 0.2) is 0 Å². The van der Waals surface area contributed by atoms with Crippen molar-refractivity contribution in [1.82, 2.24) is 9.97 Å². The van der Waals surface area contributed by atoms with Crippen LogP contribution in [0.4, 0.5) is 5.82 Å². The Morgan fingerprint density at radius 2 is 1.12 bits per heavy atom. The molecule has 264 valence electrons. The second-order valence-corrected chi connectivity index (χ2v) is 9.98. The third-order valence-electron chi connectivity index (χ3n) is 6.27. The van der Waals surface area contributed by atoms with Crippen LogP contribution in [0.25, 0.3) is 0 Å². The number of carbonyl (C=O) groups is 2. The summed E-state index contributed by atoms with van der Waals surface area (Å²) in [7, 11) is 3.29. The average Bonchev–Trinajstić information content (AvgIpc) is 3.12. The number of nitrogens with zero attached hydrogens (tertiary/aromatic N) is 2. The molecule has 0 bridgehead atoms. The van der Waals surface area contributed by atoms with Crippen LogP contribution in [0.3, 0.4) is 0 Å². The third-order valence-corrected chi connectivity index (χ3v) is 6.48. The van der Waals surface area contributed by atoms with Crippen molar-refractivity contribution >= 4 is 29.4 Å². The van der Waals surface area contributed by atoms with E-state index >= 15 is 0 Å². The van der Waals surface area contributed by atoms with Crippen LogP contribution >= 0.6 is 11.6 Å². The first-order chi connectivity index (χ1) is 23.7. The van der Waals surface area contributed by atoms with E-state index in [1.165, 1.54) is 6.07 Å². The number of nitrogens with one attached hydrogen (secondary N) is 1. The van der Waals surface area contributed by atoms with Gasteiger partial charge in [-0.05, 0) is 87.4 Å². The number of pyridine rings is 2. The molecule has 0 atom stereocenters. The molecule has 2 aromatic carbocycles. The van der Waals surface area contributed by atoms with Gasteiger partial charge >= 0.3 is 11.9 Å². The molecule has 4 rings (SSSR count). The molecule has 49 heavy (non-hydrogen) atoms. The van der Waals surface area contributed by atoms with Crippen molar-refractivity contribution in [1.29, 1.82) is 0 Å². The van der Waals surface area contributed by atoms with Gasteiger partial charge in [0.2, 0.25) is 11.8 Å². The molecule has 0 unspecified atom stereocenters. The molecular weight excluding hydrogens is 652 g/mol. The summed E-state index contributed by atoms with van der Waals surface area (Å²) in [6.07, 6.45) is 0. The summed E-state index contributed by atoms with van der Waals surface area (Å²) in [5, 5.41) is 3.50. The summed E-state index contributed by atoms with van der Waals surface area (Å²) < 4.78 is 30.6. The monoisotopic (exact) mass is 696 g/mol. The van der Waals surface area contributed by atoms with Gasteiger partial charge in [-0.2, -0.15) is 4.98 Å². The van der Waals surface area contributed by atoms with E-state index in [4.69, 9.17) is 45.8 Å². The topological polar surface area (TPSA) is 153 Å². The summed E-state index contributed by atoms with van der Waals surface area (Å²) in [5.41, 5.74) is 8.24. The number of benzene rings is 2. The molecule has 0 saturated heterocycles. The number of ether oxygens (including phenoxy) is 6. The van der Waals surface area contributed by atoms with Crippen LogP contribution in [0.5, 0.6) is 23.3 Å². The lowest BCUT2D eigenvalue weighted by Gasteiger charge is -2.12. The number of nitrogens with two attached hydrogens (primary N) is 1. The molecule has 2 heterocycles. The zero-order chi connectivity index (χ0) is 36.0. The Morgan fingerprint density at radius 3 is 1.57 bits per heavy atom. The maximum absolute atomic E-state index is 11.9. The van der Waals surface area contributed by atoms with E-state index in [1.54, 1.807) is 53.2 Å². The van der Waals surface area contributed by atoms with Gasteiger partial charge in [0.05, 0.1) is 40.6 Å². The maximum Gasteiger partial charge on any atom is 0.343 e. The fourth-order valence-corrected chi connectivity index (χ4v) is 4.02. The number of esters is 2. The fraction of sp³-hybridized carbons (Fsp3) is 0.333. The smallest absolute Gasteiger partial charge is 0.343 e. The van der Waals surface area contributed by atoms with Gasteiger partial charge in [-0.3, -0.25) is 0 Å². The predicted octanol–water partition coefficient (Wildman–Crippen LogP) is 6.74. The number of hydrogen-bond acceptors (Lipinski definition) is 12. The van der Waals surface area contributed by atoms with Gasteiger partial charge in [-0.1, -0.05) is 35.9 Å². The quantitative estimate of drug-likeness (QED) is 0.106. The average molecular weight is 697 g/mol. The second kappa shape index (κ2) is 22.5. The Balaban J connectivity index is 0.000000283. The Labute approximate surface area is 292 Å². The lowest BCUT2D eigenvalue weighted by Crippen LogP contribution is -2.10. The highest BCUT2D eigenvalue weighted by Gasteiger charge is 2.16. The number of hydrogen-bond donors (Lipinski definition) is 2. The van der Waals surface area contributed by atoms with E-state index in [0.29, 0.717) is 56.5 Å². The number of carbonyl (C=O) groups excluding carboxylic acids is 2. The highest BCUT2D eigenvalue weighted by Crippen LogP contribution is 2.22. The Kier molecular flexibility index (Phi) is 18.4. The molecule has 0 aliphatic carbocycles. The van der Waals surface area contributed by atoms with E-state index < -0.39 is 11.9 Å². The third kappa shape index (κ3) is 13.9. The zero-order valence-electron chi connectivity index (χ0n) is 28.8. The Hall–Kier alpha value is -5.07. The molecular formula is C36H45ClN4O8. The minimum atomic E-state index is -0.454. The van der Waals surface area contributed by atoms with Crippen LogP contribution < -0.4 is 30.0 Å². The first kappa shape index (κ1) is 40.1. The molecule has 0 amide bonds. The van der Waals surface area contributed by atoms with Gasteiger partial charge in [0, 0.05) is 13.1 Å². The number of anilines is 1. The van der Waals surface area contributed by atoms with Crippen LogP contribution in [0, 0.1) is 0 Å². The van der Waals surface area contributed by atoms with Crippen LogP contribution in [-0.4, -0.2) is 62.6 Å². The number of methoxy groups -OCH3 is 2. The summed E-state index contributed by atoms with van der Waals surface area (Å²) in [5.74, 6) is 1.91. The molecule has 0 spiro atoms. The van der Waals surface area contributed by atoms with Crippen molar-refractivity contribution in [2.75, 3.05) is 46.0 Å². The van der Waals surface area contributed by atoms with E-state index in [0.717, 1.165) is 22.6 Å². The molecule has 0 saturated carbocycles. The van der Waals surface area contributed by atoms with E-state index in [9.17, 15) is 9.59 Å². The lowest BCUT2D eigenvalue weighted by molar-refractivity contribution is 0.0511. The molecule has 0 radical (unpaired) electrons. The van der Waals surface area contributed by atoms with Gasteiger partial charge in [-0.25, -0.2) is 14.6 Å². The molecule has 0 aliphatic rings. The van der Waals surface area contributed by atoms with E-state index in [-0.39, 0.29) is 16.9 Å². The fourth-order valence-electron chi connectivity index (χ4n) is 3.88. The first-order valence-corrected chi connectivity index (χ1v) is 16.1. The first-order valence-electron chi connectivity index (χ1n) is 15.7. The van der Waals surface area contributed by atoms with E-state index in [2.05, 4.69) is 15.3 Å². The van der Waals surface area contributed by atoms with Gasteiger partial charge in [0.25, 0.3) is 0 Å². The van der Waals surface area contributed by atoms with Crippen LogP contribution in [0.15, 0.2) is 72.8 Å². The number of rotatable bonds is 14. The maximum atomic E-state index is 11.9. The number of halogens is 1. The van der Waals surface area contributed by atoms with Crippen LogP contribution in [0.1, 0.15) is 59.5 Å². The highest BCUT2D eigenvalue weighted by molar-refractivity contribution is 6.29. The second-order valence-electron chi connectivity index (χ2n) is 9.60. The van der Waals surface area contributed by atoms with Crippen molar-refractivity contribution in [2.24, 2.45) is 5.73 Å². The minimum absolute atomic E-state index is 0.212. The molecule has 13 heteroatoms. The summed E-state index contributed by atoms with van der Waals surface area (Å²) >= 11 is 5.69.